The van der Waals surface area contributed by atoms with Crippen LogP contribution in [0.5, 0.6) is 0 Å². The van der Waals surface area contributed by atoms with Gasteiger partial charge >= 0.3 is 0 Å². The Balaban J connectivity index is 2.22. The van der Waals surface area contributed by atoms with Crippen LogP contribution in [-0.4, -0.2) is 13.6 Å². The molecule has 0 aliphatic rings. The first-order chi connectivity index (χ1) is 9.72. The van der Waals surface area contributed by atoms with Crippen LogP contribution >= 0.6 is 0 Å². The lowest BCUT2D eigenvalue weighted by Gasteiger charge is -2.24. The maximum Gasteiger partial charge on any atom is 0.125 e. The number of nitrogens with zero attached hydrogens (tertiary/aromatic N) is 1. The van der Waals surface area contributed by atoms with Crippen molar-refractivity contribution in [3.05, 3.63) is 65.5 Å². The van der Waals surface area contributed by atoms with Crippen molar-refractivity contribution in [3.63, 3.8) is 0 Å². The summed E-state index contributed by atoms with van der Waals surface area (Å²) in [5, 5.41) is 3.06. The molecule has 0 aromatic heterocycles. The zero-order chi connectivity index (χ0) is 14.4. The molecule has 0 heterocycles. The molecule has 2 rings (SSSR count). The summed E-state index contributed by atoms with van der Waals surface area (Å²) in [6.45, 7) is 4.40. The van der Waals surface area contributed by atoms with E-state index >= 15 is 0 Å². The standard InChI is InChI=1S/C17H21FN2/c1-3-20(13-14-7-5-4-6-8-14)17-10-15(12-19-2)9-16(18)11-17/h4-11,19H,3,12-13H2,1-2H3. The molecule has 0 radical (unpaired) electrons. The lowest BCUT2D eigenvalue weighted by molar-refractivity contribution is 0.622. The summed E-state index contributed by atoms with van der Waals surface area (Å²) in [5.74, 6) is -0.181. The Labute approximate surface area is 120 Å². The minimum Gasteiger partial charge on any atom is -0.367 e. The van der Waals surface area contributed by atoms with Crippen LogP contribution in [0.1, 0.15) is 18.1 Å². The molecule has 0 atom stereocenters. The molecule has 0 aliphatic heterocycles. The number of halogens is 1. The Kier molecular flexibility index (Phi) is 5.13. The van der Waals surface area contributed by atoms with Gasteiger partial charge in [0.15, 0.2) is 0 Å². The van der Waals surface area contributed by atoms with Crippen molar-refractivity contribution in [3.8, 4) is 0 Å². The van der Waals surface area contributed by atoms with Crippen LogP contribution < -0.4 is 10.2 Å². The first kappa shape index (κ1) is 14.5. The summed E-state index contributed by atoms with van der Waals surface area (Å²) in [7, 11) is 1.87. The molecule has 2 nitrogen and oxygen atoms in total. The predicted octanol–water partition coefficient (Wildman–Crippen LogP) is 3.57. The molecule has 2 aromatic rings. The second-order valence-corrected chi connectivity index (χ2v) is 4.85. The Morgan fingerprint density at radius 3 is 2.45 bits per heavy atom. The van der Waals surface area contributed by atoms with Gasteiger partial charge in [-0.3, -0.25) is 0 Å². The van der Waals surface area contributed by atoms with Crippen molar-refractivity contribution in [1.29, 1.82) is 0 Å². The molecule has 0 saturated carbocycles. The molecule has 1 N–H and O–H groups in total. The number of benzene rings is 2. The van der Waals surface area contributed by atoms with Crippen molar-refractivity contribution in [2.24, 2.45) is 0 Å². The number of rotatable bonds is 6. The predicted molar refractivity (Wildman–Crippen MR) is 82.3 cm³/mol. The topological polar surface area (TPSA) is 15.3 Å². The lowest BCUT2D eigenvalue weighted by atomic mass is 10.1. The van der Waals surface area contributed by atoms with E-state index in [1.54, 1.807) is 12.1 Å². The van der Waals surface area contributed by atoms with Crippen LogP contribution in [0.4, 0.5) is 10.1 Å². The molecule has 0 unspecified atom stereocenters. The smallest absolute Gasteiger partial charge is 0.125 e. The normalized spacial score (nSPS) is 10.6. The van der Waals surface area contributed by atoms with Crippen molar-refractivity contribution in [2.45, 2.75) is 20.0 Å². The fraction of sp³-hybridized carbons (Fsp3) is 0.294. The van der Waals surface area contributed by atoms with E-state index in [1.165, 1.54) is 5.56 Å². The number of nitrogens with one attached hydrogen (secondary N) is 1. The van der Waals surface area contributed by atoms with Crippen LogP contribution in [0, 0.1) is 5.82 Å². The monoisotopic (exact) mass is 272 g/mol. The Hall–Kier alpha value is -1.87. The number of hydrogen-bond donors (Lipinski definition) is 1. The van der Waals surface area contributed by atoms with Crippen molar-refractivity contribution in [1.82, 2.24) is 5.32 Å². The van der Waals surface area contributed by atoms with E-state index in [2.05, 4.69) is 29.3 Å². The summed E-state index contributed by atoms with van der Waals surface area (Å²) < 4.78 is 13.7. The van der Waals surface area contributed by atoms with Gasteiger partial charge < -0.3 is 10.2 Å². The quantitative estimate of drug-likeness (QED) is 0.865. The van der Waals surface area contributed by atoms with Crippen LogP contribution in [0.25, 0.3) is 0 Å². The van der Waals surface area contributed by atoms with Gasteiger partial charge in [0.05, 0.1) is 0 Å². The highest BCUT2D eigenvalue weighted by Crippen LogP contribution is 2.20. The van der Waals surface area contributed by atoms with Gasteiger partial charge in [0.1, 0.15) is 5.82 Å². The molecule has 0 bridgehead atoms. The summed E-state index contributed by atoms with van der Waals surface area (Å²) >= 11 is 0. The molecule has 0 fully saturated rings. The average molecular weight is 272 g/mol. The van der Waals surface area contributed by atoms with Gasteiger partial charge in [0.25, 0.3) is 0 Å². The zero-order valence-corrected chi connectivity index (χ0v) is 12.1. The number of anilines is 1. The summed E-state index contributed by atoms with van der Waals surface area (Å²) in [5.41, 5.74) is 3.13. The lowest BCUT2D eigenvalue weighted by Crippen LogP contribution is -2.22. The molecular formula is C17H21FN2. The molecule has 106 valence electrons. The molecular weight excluding hydrogens is 251 g/mol. The first-order valence-electron chi connectivity index (χ1n) is 6.96. The van der Waals surface area contributed by atoms with Crippen molar-refractivity contribution >= 4 is 5.69 Å². The van der Waals surface area contributed by atoms with Gasteiger partial charge in [-0.15, -0.1) is 0 Å². The third-order valence-electron chi connectivity index (χ3n) is 3.29. The van der Waals surface area contributed by atoms with Crippen LogP contribution in [0.3, 0.4) is 0 Å². The molecule has 2 aromatic carbocycles. The van der Waals surface area contributed by atoms with Gasteiger partial charge in [-0.1, -0.05) is 30.3 Å². The SMILES string of the molecule is CCN(Cc1ccccc1)c1cc(F)cc(CNC)c1. The highest BCUT2D eigenvalue weighted by atomic mass is 19.1. The highest BCUT2D eigenvalue weighted by Gasteiger charge is 2.08. The van der Waals surface area contributed by atoms with Gasteiger partial charge in [-0.05, 0) is 43.3 Å². The molecule has 0 saturated heterocycles. The van der Waals surface area contributed by atoms with E-state index in [-0.39, 0.29) is 5.82 Å². The van der Waals surface area contributed by atoms with E-state index in [9.17, 15) is 4.39 Å². The van der Waals surface area contributed by atoms with Crippen LogP contribution in [0.15, 0.2) is 48.5 Å². The van der Waals surface area contributed by atoms with Gasteiger partial charge in [0.2, 0.25) is 0 Å². The minimum atomic E-state index is -0.181. The largest absolute Gasteiger partial charge is 0.367 e. The van der Waals surface area contributed by atoms with Crippen LogP contribution in [0.2, 0.25) is 0 Å². The van der Waals surface area contributed by atoms with Gasteiger partial charge in [-0.2, -0.15) is 0 Å². The molecule has 0 spiro atoms. The van der Waals surface area contributed by atoms with Gasteiger partial charge in [0, 0.05) is 25.3 Å². The Morgan fingerprint density at radius 2 is 1.80 bits per heavy atom. The van der Waals surface area contributed by atoms with E-state index in [4.69, 9.17) is 0 Å². The fourth-order valence-corrected chi connectivity index (χ4v) is 2.31. The number of hydrogen-bond acceptors (Lipinski definition) is 2. The maximum atomic E-state index is 13.7. The summed E-state index contributed by atoms with van der Waals surface area (Å²) in [4.78, 5) is 2.18. The third kappa shape index (κ3) is 3.81. The van der Waals surface area contributed by atoms with Gasteiger partial charge in [-0.25, -0.2) is 4.39 Å². The zero-order valence-electron chi connectivity index (χ0n) is 12.1. The average Bonchev–Trinajstić information content (AvgIpc) is 2.45. The van der Waals surface area contributed by atoms with E-state index in [0.717, 1.165) is 24.3 Å². The maximum absolute atomic E-state index is 13.7. The van der Waals surface area contributed by atoms with Crippen molar-refractivity contribution in [2.75, 3.05) is 18.5 Å². The molecule has 3 heteroatoms. The summed E-state index contributed by atoms with van der Waals surface area (Å²) in [6, 6.07) is 15.5. The van der Waals surface area contributed by atoms with Crippen LogP contribution in [-0.2, 0) is 13.1 Å². The third-order valence-corrected chi connectivity index (χ3v) is 3.29. The second kappa shape index (κ2) is 7.06. The molecule has 20 heavy (non-hydrogen) atoms. The Bertz CT molecular complexity index is 540. The minimum absolute atomic E-state index is 0.181. The molecule has 0 amide bonds. The fourth-order valence-electron chi connectivity index (χ4n) is 2.31. The molecule has 0 aliphatic carbocycles. The first-order valence-corrected chi connectivity index (χ1v) is 6.96. The highest BCUT2D eigenvalue weighted by molar-refractivity contribution is 5.49. The van der Waals surface area contributed by atoms with Crippen molar-refractivity contribution < 1.29 is 4.39 Å². The summed E-state index contributed by atoms with van der Waals surface area (Å²) in [6.07, 6.45) is 0. The van der Waals surface area contributed by atoms with E-state index in [1.807, 2.05) is 31.3 Å². The Morgan fingerprint density at radius 1 is 1.05 bits per heavy atom. The van der Waals surface area contributed by atoms with E-state index in [0.29, 0.717) is 6.54 Å². The second-order valence-electron chi connectivity index (χ2n) is 4.85. The van der Waals surface area contributed by atoms with E-state index < -0.39 is 0 Å².